The molecule has 1 aliphatic heterocycles. The molecule has 1 amide bonds. The summed E-state index contributed by atoms with van der Waals surface area (Å²) in [5.74, 6) is 0. The van der Waals surface area contributed by atoms with Crippen LogP contribution in [-0.2, 0) is 15.9 Å². The Balaban J connectivity index is 1.78. The van der Waals surface area contributed by atoms with Crippen LogP contribution in [0.2, 0.25) is 0 Å². The number of alkyl carbamates (subject to hydrolysis) is 1. The molecule has 0 bridgehead atoms. The van der Waals surface area contributed by atoms with Gasteiger partial charge in [0.1, 0.15) is 11.7 Å². The van der Waals surface area contributed by atoms with E-state index in [2.05, 4.69) is 21.6 Å². The Morgan fingerprint density at radius 3 is 2.88 bits per heavy atom. The first kappa shape index (κ1) is 17.4. The van der Waals surface area contributed by atoms with E-state index < -0.39 is 11.7 Å². The minimum absolute atomic E-state index is 0.189. The Morgan fingerprint density at radius 1 is 1.32 bits per heavy atom. The van der Waals surface area contributed by atoms with Gasteiger partial charge < -0.3 is 14.8 Å². The molecule has 25 heavy (non-hydrogen) atoms. The van der Waals surface area contributed by atoms with E-state index in [-0.39, 0.29) is 6.10 Å². The standard InChI is InChI=1S/C19H23N3O3/c1-19(2,3)25-18(23)20-12-17-16-6-4-5-14(15(16)8-10-24-17)13-7-9-21-22-11-13/h4-7,9,11,17H,8,10,12H2,1-3H3,(H,20,23)/t17-/m1/s1. The number of amides is 1. The van der Waals surface area contributed by atoms with Gasteiger partial charge in [0.2, 0.25) is 0 Å². The van der Waals surface area contributed by atoms with E-state index in [4.69, 9.17) is 9.47 Å². The number of fused-ring (bicyclic) bond motifs is 1. The van der Waals surface area contributed by atoms with Crippen LogP contribution in [0.5, 0.6) is 0 Å². The number of ether oxygens (including phenoxy) is 2. The zero-order valence-electron chi connectivity index (χ0n) is 14.8. The predicted octanol–water partition coefficient (Wildman–Crippen LogP) is 3.28. The van der Waals surface area contributed by atoms with Crippen LogP contribution in [0.3, 0.4) is 0 Å². The lowest BCUT2D eigenvalue weighted by molar-refractivity contribution is 0.0290. The van der Waals surface area contributed by atoms with Crippen molar-refractivity contribution in [2.45, 2.75) is 38.9 Å². The van der Waals surface area contributed by atoms with Crippen molar-refractivity contribution in [2.75, 3.05) is 13.2 Å². The second-order valence-electron chi connectivity index (χ2n) is 7.00. The van der Waals surface area contributed by atoms with Gasteiger partial charge in [-0.15, -0.1) is 0 Å². The molecule has 1 aromatic heterocycles. The monoisotopic (exact) mass is 341 g/mol. The number of rotatable bonds is 3. The highest BCUT2D eigenvalue weighted by Crippen LogP contribution is 2.33. The van der Waals surface area contributed by atoms with Gasteiger partial charge in [-0.25, -0.2) is 4.79 Å². The Morgan fingerprint density at radius 2 is 2.16 bits per heavy atom. The van der Waals surface area contributed by atoms with Gasteiger partial charge in [-0.3, -0.25) is 0 Å². The molecule has 0 radical (unpaired) electrons. The highest BCUT2D eigenvalue weighted by molar-refractivity contribution is 5.69. The Bertz CT molecular complexity index is 741. The molecule has 1 atom stereocenters. The van der Waals surface area contributed by atoms with Crippen LogP contribution in [0, 0.1) is 0 Å². The molecule has 0 fully saturated rings. The normalized spacial score (nSPS) is 16.8. The quantitative estimate of drug-likeness (QED) is 0.927. The lowest BCUT2D eigenvalue weighted by Crippen LogP contribution is -2.36. The summed E-state index contributed by atoms with van der Waals surface area (Å²) in [5.41, 5.74) is 3.98. The van der Waals surface area contributed by atoms with Crippen molar-refractivity contribution in [1.82, 2.24) is 15.5 Å². The molecule has 6 nitrogen and oxygen atoms in total. The third kappa shape index (κ3) is 4.33. The van der Waals surface area contributed by atoms with Gasteiger partial charge >= 0.3 is 6.09 Å². The highest BCUT2D eigenvalue weighted by atomic mass is 16.6. The van der Waals surface area contributed by atoms with E-state index in [1.165, 1.54) is 5.56 Å². The molecule has 2 aromatic rings. The second kappa shape index (κ2) is 7.19. The van der Waals surface area contributed by atoms with Gasteiger partial charge in [-0.05, 0) is 49.9 Å². The summed E-state index contributed by atoms with van der Waals surface area (Å²) in [6.07, 6.45) is 3.66. The first-order chi connectivity index (χ1) is 11.9. The number of carbonyl (C=O) groups is 1. The number of nitrogens with zero attached hydrogens (tertiary/aromatic N) is 2. The summed E-state index contributed by atoms with van der Waals surface area (Å²) in [7, 11) is 0. The van der Waals surface area contributed by atoms with Crippen LogP contribution in [0.4, 0.5) is 4.79 Å². The molecule has 6 heteroatoms. The van der Waals surface area contributed by atoms with Gasteiger partial charge in [0.25, 0.3) is 0 Å². The predicted molar refractivity (Wildman–Crippen MR) is 94.1 cm³/mol. The van der Waals surface area contributed by atoms with Crippen molar-refractivity contribution in [3.05, 3.63) is 47.8 Å². The van der Waals surface area contributed by atoms with E-state index in [1.54, 1.807) is 12.4 Å². The van der Waals surface area contributed by atoms with Crippen molar-refractivity contribution in [2.24, 2.45) is 0 Å². The van der Waals surface area contributed by atoms with E-state index in [9.17, 15) is 4.79 Å². The van der Waals surface area contributed by atoms with Gasteiger partial charge in [0.05, 0.1) is 25.5 Å². The van der Waals surface area contributed by atoms with Gasteiger partial charge in [-0.2, -0.15) is 10.2 Å². The average Bonchev–Trinajstić information content (AvgIpc) is 2.58. The van der Waals surface area contributed by atoms with Crippen molar-refractivity contribution < 1.29 is 14.3 Å². The molecular weight excluding hydrogens is 318 g/mol. The summed E-state index contributed by atoms with van der Waals surface area (Å²) >= 11 is 0. The van der Waals surface area contributed by atoms with Gasteiger partial charge in [0, 0.05) is 5.56 Å². The van der Waals surface area contributed by atoms with Crippen LogP contribution in [0.25, 0.3) is 11.1 Å². The summed E-state index contributed by atoms with van der Waals surface area (Å²) in [5, 5.41) is 10.6. The number of nitrogens with one attached hydrogen (secondary N) is 1. The number of hydrogen-bond acceptors (Lipinski definition) is 5. The SMILES string of the molecule is CC(C)(C)OC(=O)NC[C@H]1OCCc2c(-c3ccnnc3)cccc21. The van der Waals surface area contributed by atoms with Crippen LogP contribution in [-0.4, -0.2) is 35.0 Å². The zero-order valence-corrected chi connectivity index (χ0v) is 14.8. The lowest BCUT2D eigenvalue weighted by atomic mass is 9.90. The first-order valence-electron chi connectivity index (χ1n) is 8.41. The first-order valence-corrected chi connectivity index (χ1v) is 8.41. The molecule has 0 saturated heterocycles. The van der Waals surface area contributed by atoms with E-state index >= 15 is 0 Å². The third-order valence-electron chi connectivity index (χ3n) is 3.96. The Hall–Kier alpha value is -2.47. The van der Waals surface area contributed by atoms with Gasteiger partial charge in [-0.1, -0.05) is 18.2 Å². The maximum atomic E-state index is 11.9. The largest absolute Gasteiger partial charge is 0.444 e. The summed E-state index contributed by atoms with van der Waals surface area (Å²) in [6, 6.07) is 8.09. The number of benzene rings is 1. The molecule has 1 aromatic carbocycles. The van der Waals surface area contributed by atoms with E-state index in [0.29, 0.717) is 13.2 Å². The topological polar surface area (TPSA) is 73.3 Å². The highest BCUT2D eigenvalue weighted by Gasteiger charge is 2.25. The molecule has 2 heterocycles. The maximum Gasteiger partial charge on any atom is 0.407 e. The van der Waals surface area contributed by atoms with Crippen molar-refractivity contribution >= 4 is 6.09 Å². The Kier molecular flexibility index (Phi) is 4.99. The van der Waals surface area contributed by atoms with Gasteiger partial charge in [0.15, 0.2) is 0 Å². The fourth-order valence-corrected chi connectivity index (χ4v) is 2.96. The lowest BCUT2D eigenvalue weighted by Gasteiger charge is -2.28. The van der Waals surface area contributed by atoms with Crippen LogP contribution < -0.4 is 5.32 Å². The fourth-order valence-electron chi connectivity index (χ4n) is 2.96. The molecule has 1 N–H and O–H groups in total. The van der Waals surface area contributed by atoms with Crippen molar-refractivity contribution in [1.29, 1.82) is 0 Å². The molecule has 132 valence electrons. The average molecular weight is 341 g/mol. The Labute approximate surface area is 147 Å². The summed E-state index contributed by atoms with van der Waals surface area (Å²) in [6.45, 7) is 6.51. The maximum absolute atomic E-state index is 11.9. The molecule has 1 aliphatic rings. The van der Waals surface area contributed by atoms with Crippen molar-refractivity contribution in [3.8, 4) is 11.1 Å². The molecule has 3 rings (SSSR count). The van der Waals surface area contributed by atoms with Crippen LogP contribution >= 0.6 is 0 Å². The van der Waals surface area contributed by atoms with E-state index in [0.717, 1.165) is 23.1 Å². The fraction of sp³-hybridized carbons (Fsp3) is 0.421. The molecule has 0 saturated carbocycles. The second-order valence-corrected chi connectivity index (χ2v) is 7.00. The molecule has 0 aliphatic carbocycles. The summed E-state index contributed by atoms with van der Waals surface area (Å²) in [4.78, 5) is 11.9. The minimum Gasteiger partial charge on any atom is -0.444 e. The number of aromatic nitrogens is 2. The summed E-state index contributed by atoms with van der Waals surface area (Å²) < 4.78 is 11.2. The number of hydrogen-bond donors (Lipinski definition) is 1. The minimum atomic E-state index is -0.517. The molecule has 0 unspecified atom stereocenters. The van der Waals surface area contributed by atoms with Crippen LogP contribution in [0.1, 0.15) is 38.0 Å². The van der Waals surface area contributed by atoms with Crippen molar-refractivity contribution in [3.63, 3.8) is 0 Å². The molecule has 0 spiro atoms. The molecular formula is C19H23N3O3. The van der Waals surface area contributed by atoms with Crippen LogP contribution in [0.15, 0.2) is 36.7 Å². The smallest absolute Gasteiger partial charge is 0.407 e. The third-order valence-corrected chi connectivity index (χ3v) is 3.96. The number of carbonyl (C=O) groups excluding carboxylic acids is 1. The van der Waals surface area contributed by atoms with E-state index in [1.807, 2.05) is 39.0 Å². The zero-order chi connectivity index (χ0) is 17.9.